The van der Waals surface area contributed by atoms with E-state index in [9.17, 15) is 9.59 Å². The van der Waals surface area contributed by atoms with Crippen molar-refractivity contribution in [1.82, 2.24) is 0 Å². The maximum atomic E-state index is 9.90. The average Bonchev–Trinajstić information content (AvgIpc) is 2.63. The van der Waals surface area contributed by atoms with Gasteiger partial charge in [-0.1, -0.05) is 0 Å². The molecule has 0 saturated carbocycles. The lowest BCUT2D eigenvalue weighted by Crippen LogP contribution is -1.95. The molecule has 2 heterocycles. The predicted octanol–water partition coefficient (Wildman–Crippen LogP) is -0.857. The summed E-state index contributed by atoms with van der Waals surface area (Å²) in [5, 5.41) is 0. The maximum Gasteiger partial charge on any atom is 0.334 e. The standard InChI is InChI=1S/2C3H3NO2/c2*5-3-1-4-2-6-3/h2*2H,1H2. The van der Waals surface area contributed by atoms with E-state index in [2.05, 4.69) is 19.5 Å². The summed E-state index contributed by atoms with van der Waals surface area (Å²) in [5.41, 5.74) is 0. The first kappa shape index (κ1) is 8.38. The minimum absolute atomic E-state index is 0.194. The van der Waals surface area contributed by atoms with Crippen molar-refractivity contribution in [1.29, 1.82) is 0 Å². The SMILES string of the molecule is O=C1CN=CO1.O=C1CN=CO1. The molecule has 0 radical (unpaired) electrons. The van der Waals surface area contributed by atoms with Gasteiger partial charge in [0.2, 0.25) is 0 Å². The van der Waals surface area contributed by atoms with E-state index >= 15 is 0 Å². The van der Waals surface area contributed by atoms with Gasteiger partial charge in [0.05, 0.1) is 0 Å². The maximum absolute atomic E-state index is 9.90. The number of hydrogen-bond acceptors (Lipinski definition) is 6. The molecule has 0 aliphatic carbocycles. The van der Waals surface area contributed by atoms with Crippen LogP contribution in [0, 0.1) is 0 Å². The Balaban J connectivity index is 0.000000120. The van der Waals surface area contributed by atoms with Crippen molar-refractivity contribution in [3.05, 3.63) is 0 Å². The van der Waals surface area contributed by atoms with Gasteiger partial charge in [0.25, 0.3) is 0 Å². The first-order chi connectivity index (χ1) is 5.79. The van der Waals surface area contributed by atoms with Gasteiger partial charge in [0.15, 0.2) is 12.8 Å². The molecule has 2 aliphatic heterocycles. The third-order valence-electron chi connectivity index (χ3n) is 0.958. The average molecular weight is 170 g/mol. The Morgan fingerprint density at radius 1 is 1.00 bits per heavy atom. The van der Waals surface area contributed by atoms with E-state index in [1.165, 1.54) is 0 Å². The van der Waals surface area contributed by atoms with Crippen LogP contribution in [0.3, 0.4) is 0 Å². The van der Waals surface area contributed by atoms with Gasteiger partial charge in [-0.2, -0.15) is 0 Å². The number of nitrogens with zero attached hydrogens (tertiary/aromatic N) is 2. The van der Waals surface area contributed by atoms with Gasteiger partial charge in [-0.05, 0) is 0 Å². The number of carbonyl (C=O) groups is 2. The molecule has 6 nitrogen and oxygen atoms in total. The molecular weight excluding hydrogens is 164 g/mol. The van der Waals surface area contributed by atoms with Gasteiger partial charge in [-0.3, -0.25) is 0 Å². The Kier molecular flexibility index (Phi) is 2.95. The Morgan fingerprint density at radius 2 is 1.42 bits per heavy atom. The minimum Gasteiger partial charge on any atom is -0.413 e. The summed E-state index contributed by atoms with van der Waals surface area (Å²) in [6.45, 7) is 0.389. The van der Waals surface area contributed by atoms with Gasteiger partial charge < -0.3 is 9.47 Å². The third-order valence-corrected chi connectivity index (χ3v) is 0.958. The Labute approximate surface area is 67.9 Å². The number of aliphatic imine (C=N–C) groups is 2. The zero-order valence-electron chi connectivity index (χ0n) is 6.10. The van der Waals surface area contributed by atoms with E-state index in [0.717, 1.165) is 12.8 Å². The molecule has 64 valence electrons. The molecule has 0 bridgehead atoms. The van der Waals surface area contributed by atoms with E-state index in [1.807, 2.05) is 0 Å². The molecule has 0 saturated heterocycles. The molecule has 6 heteroatoms. The molecule has 0 aromatic carbocycles. The highest BCUT2D eigenvalue weighted by atomic mass is 16.5. The van der Waals surface area contributed by atoms with E-state index in [0.29, 0.717) is 0 Å². The molecular formula is C6H6N2O4. The lowest BCUT2D eigenvalue weighted by molar-refractivity contribution is -0.132. The monoisotopic (exact) mass is 170 g/mol. The summed E-state index contributed by atoms with van der Waals surface area (Å²) >= 11 is 0. The molecule has 12 heavy (non-hydrogen) atoms. The quantitative estimate of drug-likeness (QED) is 0.443. The number of cyclic esters (lactones) is 2. The van der Waals surface area contributed by atoms with Crippen LogP contribution in [0.15, 0.2) is 9.98 Å². The second kappa shape index (κ2) is 4.22. The van der Waals surface area contributed by atoms with Crippen molar-refractivity contribution < 1.29 is 19.1 Å². The van der Waals surface area contributed by atoms with Gasteiger partial charge in [0.1, 0.15) is 13.1 Å². The van der Waals surface area contributed by atoms with Crippen molar-refractivity contribution in [3.63, 3.8) is 0 Å². The minimum atomic E-state index is -0.269. The zero-order chi connectivity index (χ0) is 8.81. The summed E-state index contributed by atoms with van der Waals surface area (Å²) < 4.78 is 8.44. The van der Waals surface area contributed by atoms with Crippen molar-refractivity contribution in [3.8, 4) is 0 Å². The lowest BCUT2D eigenvalue weighted by Gasteiger charge is -1.75. The van der Waals surface area contributed by atoms with Crippen LogP contribution in [-0.2, 0) is 19.1 Å². The normalized spacial score (nSPS) is 18.3. The van der Waals surface area contributed by atoms with Gasteiger partial charge in [0, 0.05) is 0 Å². The highest BCUT2D eigenvalue weighted by Crippen LogP contribution is 1.83. The molecule has 0 aromatic rings. The number of carbonyl (C=O) groups excluding carboxylic acids is 2. The molecule has 0 atom stereocenters. The number of esters is 2. The smallest absolute Gasteiger partial charge is 0.334 e. The number of rotatable bonds is 0. The Morgan fingerprint density at radius 3 is 1.50 bits per heavy atom. The fourth-order valence-corrected chi connectivity index (χ4v) is 0.490. The number of hydrogen-bond donors (Lipinski definition) is 0. The number of ether oxygens (including phenoxy) is 2. The fourth-order valence-electron chi connectivity index (χ4n) is 0.490. The topological polar surface area (TPSA) is 77.3 Å². The molecule has 0 N–H and O–H groups in total. The molecule has 0 fully saturated rings. The Bertz CT molecular complexity index is 200. The van der Waals surface area contributed by atoms with Crippen LogP contribution in [0.2, 0.25) is 0 Å². The first-order valence-corrected chi connectivity index (χ1v) is 3.14. The van der Waals surface area contributed by atoms with Gasteiger partial charge in [-0.15, -0.1) is 0 Å². The molecule has 0 aromatic heterocycles. The van der Waals surface area contributed by atoms with Crippen LogP contribution in [0.1, 0.15) is 0 Å². The van der Waals surface area contributed by atoms with Gasteiger partial charge in [-0.25, -0.2) is 19.6 Å². The van der Waals surface area contributed by atoms with Crippen LogP contribution < -0.4 is 0 Å². The first-order valence-electron chi connectivity index (χ1n) is 3.14. The third kappa shape index (κ3) is 2.91. The van der Waals surface area contributed by atoms with Crippen LogP contribution in [-0.4, -0.2) is 37.8 Å². The van der Waals surface area contributed by atoms with Crippen molar-refractivity contribution in [2.24, 2.45) is 9.98 Å². The second-order valence-electron chi connectivity index (χ2n) is 1.87. The second-order valence-corrected chi connectivity index (χ2v) is 1.87. The summed E-state index contributed by atoms with van der Waals surface area (Å²) in [4.78, 5) is 26.7. The summed E-state index contributed by atoms with van der Waals surface area (Å²) in [5.74, 6) is -0.537. The van der Waals surface area contributed by atoms with Crippen LogP contribution in [0.4, 0.5) is 0 Å². The summed E-state index contributed by atoms with van der Waals surface area (Å²) in [7, 11) is 0. The van der Waals surface area contributed by atoms with E-state index in [1.54, 1.807) is 0 Å². The molecule has 2 aliphatic rings. The van der Waals surface area contributed by atoms with Crippen LogP contribution in [0.25, 0.3) is 0 Å². The molecule has 2 rings (SSSR count). The molecule has 0 spiro atoms. The van der Waals surface area contributed by atoms with E-state index in [-0.39, 0.29) is 25.0 Å². The largest absolute Gasteiger partial charge is 0.413 e. The summed E-state index contributed by atoms with van der Waals surface area (Å²) in [6, 6.07) is 0. The van der Waals surface area contributed by atoms with E-state index < -0.39 is 0 Å². The fraction of sp³-hybridized carbons (Fsp3) is 0.333. The van der Waals surface area contributed by atoms with E-state index in [4.69, 9.17) is 0 Å². The van der Waals surface area contributed by atoms with Crippen LogP contribution in [0.5, 0.6) is 0 Å². The highest BCUT2D eigenvalue weighted by molar-refractivity contribution is 5.84. The van der Waals surface area contributed by atoms with Crippen LogP contribution >= 0.6 is 0 Å². The molecule has 0 amide bonds. The molecule has 0 unspecified atom stereocenters. The van der Waals surface area contributed by atoms with Gasteiger partial charge >= 0.3 is 11.9 Å². The van der Waals surface area contributed by atoms with Crippen molar-refractivity contribution >= 4 is 24.7 Å². The zero-order valence-corrected chi connectivity index (χ0v) is 6.10. The van der Waals surface area contributed by atoms with Crippen molar-refractivity contribution in [2.75, 3.05) is 13.1 Å². The predicted molar refractivity (Wildman–Crippen MR) is 38.9 cm³/mol. The summed E-state index contributed by atoms with van der Waals surface area (Å²) in [6.07, 6.45) is 2.31. The van der Waals surface area contributed by atoms with Crippen molar-refractivity contribution in [2.45, 2.75) is 0 Å². The Hall–Kier alpha value is -1.72. The lowest BCUT2D eigenvalue weighted by atomic mass is 10.7. The highest BCUT2D eigenvalue weighted by Gasteiger charge is 2.02.